The van der Waals surface area contributed by atoms with Gasteiger partial charge in [0.25, 0.3) is 0 Å². The van der Waals surface area contributed by atoms with Crippen molar-refractivity contribution in [1.82, 2.24) is 0 Å². The Bertz CT molecular complexity index is 554. The summed E-state index contributed by atoms with van der Waals surface area (Å²) in [6.45, 7) is 13.3. The normalized spacial score (nSPS) is 10.3. The van der Waals surface area contributed by atoms with Gasteiger partial charge in [0.15, 0.2) is 0 Å². The van der Waals surface area contributed by atoms with E-state index in [1.807, 2.05) is 12.1 Å². The predicted octanol–water partition coefficient (Wildman–Crippen LogP) is 8.60. The number of rotatable bonds is 2. The zero-order valence-corrected chi connectivity index (χ0v) is 15.5. The fourth-order valence-electron chi connectivity index (χ4n) is 2.42. The molecule has 150 valence electrons. The van der Waals surface area contributed by atoms with Gasteiger partial charge < -0.3 is 0 Å². The van der Waals surface area contributed by atoms with E-state index in [0.717, 1.165) is 12.8 Å². The molecule has 0 aliphatic heterocycles. The van der Waals surface area contributed by atoms with E-state index in [4.69, 9.17) is 0 Å². The van der Waals surface area contributed by atoms with Gasteiger partial charge in [0.2, 0.25) is 0 Å². The number of hydrogen-bond acceptors (Lipinski definition) is 0. The molecule has 0 unspecified atom stereocenters. The van der Waals surface area contributed by atoms with Crippen LogP contribution in [-0.4, -0.2) is 0 Å². The molecule has 0 amide bonds. The molecule has 0 radical (unpaired) electrons. The fourth-order valence-corrected chi connectivity index (χ4v) is 2.42. The maximum absolute atomic E-state index is 12.5. The second-order valence-corrected chi connectivity index (χ2v) is 8.59. The second kappa shape index (κ2) is 12.7. The third kappa shape index (κ3) is 14.7. The van der Waals surface area contributed by atoms with Crippen LogP contribution in [0.3, 0.4) is 0 Å². The molecule has 0 saturated carbocycles. The first-order chi connectivity index (χ1) is 10.6. The van der Waals surface area contributed by atoms with E-state index < -0.39 is 0 Å². The largest absolute Gasteiger partial charge is 0.207 e. The molecule has 26 heavy (non-hydrogen) atoms. The van der Waals surface area contributed by atoms with E-state index in [-0.39, 0.29) is 33.5 Å². The summed E-state index contributed by atoms with van der Waals surface area (Å²) < 4.78 is 12.5. The lowest BCUT2D eigenvalue weighted by Gasteiger charge is -2.17. The Morgan fingerprint density at radius 2 is 0.923 bits per heavy atom. The van der Waals surface area contributed by atoms with Crippen LogP contribution in [0.25, 0.3) is 0 Å². The predicted molar refractivity (Wildman–Crippen MR) is 119 cm³/mol. The van der Waals surface area contributed by atoms with Crippen molar-refractivity contribution >= 4 is 0 Å². The van der Waals surface area contributed by atoms with E-state index in [1.165, 1.54) is 23.3 Å². The quantitative estimate of drug-likeness (QED) is 0.501. The minimum Gasteiger partial charge on any atom is -0.207 e. The molecule has 0 atom stereocenters. The van der Waals surface area contributed by atoms with Crippen molar-refractivity contribution in [3.8, 4) is 0 Å². The Morgan fingerprint density at radius 3 is 1.27 bits per heavy atom. The Labute approximate surface area is 163 Å². The first-order valence-corrected chi connectivity index (χ1v) is 8.34. The summed E-state index contributed by atoms with van der Waals surface area (Å²) in [6.07, 6.45) is 2.15. The highest BCUT2D eigenvalue weighted by molar-refractivity contribution is 5.17. The minimum atomic E-state index is -0.160. The fraction of sp³-hybridized carbons (Fsp3) is 0.520. The van der Waals surface area contributed by atoms with Crippen LogP contribution in [0, 0.1) is 16.6 Å². The summed E-state index contributed by atoms with van der Waals surface area (Å²) in [7, 11) is 0. The Kier molecular flexibility index (Phi) is 14.2. The molecule has 0 spiro atoms. The molecule has 0 saturated heterocycles. The topological polar surface area (TPSA) is 0 Å². The van der Waals surface area contributed by atoms with E-state index in [0.29, 0.717) is 5.41 Å². The van der Waals surface area contributed by atoms with Gasteiger partial charge in [-0.2, -0.15) is 0 Å². The van der Waals surface area contributed by atoms with Crippen molar-refractivity contribution < 1.29 is 4.39 Å². The summed E-state index contributed by atoms with van der Waals surface area (Å²) in [5.74, 6) is -0.160. The van der Waals surface area contributed by atoms with Gasteiger partial charge in [-0.25, -0.2) is 4.39 Å². The van der Waals surface area contributed by atoms with Crippen LogP contribution in [0.1, 0.15) is 74.9 Å². The molecule has 1 heteroatoms. The molecule has 0 aliphatic carbocycles. The van der Waals surface area contributed by atoms with E-state index in [9.17, 15) is 4.39 Å². The first kappa shape index (κ1) is 29.1. The Hall–Kier alpha value is -1.63. The lowest BCUT2D eigenvalue weighted by Crippen LogP contribution is -2.08. The summed E-state index contributed by atoms with van der Waals surface area (Å²) in [6, 6.07) is 17.4. The molecule has 0 bridgehead atoms. The Balaban J connectivity index is -0.000000366. The molecule has 2 rings (SSSR count). The van der Waals surface area contributed by atoms with E-state index >= 15 is 0 Å². The molecular formula is C25H43F. The van der Waals surface area contributed by atoms with Crippen LogP contribution in [0.2, 0.25) is 0 Å². The third-order valence-electron chi connectivity index (χ3n) is 3.22. The van der Waals surface area contributed by atoms with Crippen molar-refractivity contribution in [2.45, 2.75) is 76.7 Å². The highest BCUT2D eigenvalue weighted by Gasteiger charge is 2.11. The zero-order chi connectivity index (χ0) is 17.5. The highest BCUT2D eigenvalue weighted by Crippen LogP contribution is 2.20. The van der Waals surface area contributed by atoms with Crippen LogP contribution >= 0.6 is 0 Å². The third-order valence-corrected chi connectivity index (χ3v) is 3.22. The van der Waals surface area contributed by atoms with Gasteiger partial charge >= 0.3 is 0 Å². The molecule has 2 aromatic carbocycles. The highest BCUT2D eigenvalue weighted by atomic mass is 19.1. The average Bonchev–Trinajstić information content (AvgIpc) is 2.40. The van der Waals surface area contributed by atoms with Crippen LogP contribution in [0.4, 0.5) is 4.39 Å². The average molecular weight is 363 g/mol. The summed E-state index contributed by atoms with van der Waals surface area (Å²) in [5, 5.41) is 0. The van der Waals surface area contributed by atoms with Crippen molar-refractivity contribution in [3.05, 3.63) is 71.5 Å². The zero-order valence-electron chi connectivity index (χ0n) is 15.5. The van der Waals surface area contributed by atoms with Crippen LogP contribution in [0.5, 0.6) is 0 Å². The maximum atomic E-state index is 12.5. The maximum Gasteiger partial charge on any atom is 0.123 e. The van der Waals surface area contributed by atoms with Gasteiger partial charge in [0.05, 0.1) is 0 Å². The Morgan fingerprint density at radius 1 is 0.577 bits per heavy atom. The molecule has 0 N–H and O–H groups in total. The van der Waals surface area contributed by atoms with Crippen LogP contribution < -0.4 is 0 Å². The van der Waals surface area contributed by atoms with Gasteiger partial charge in [-0.15, -0.1) is 0 Å². The van der Waals surface area contributed by atoms with Gasteiger partial charge in [-0.3, -0.25) is 0 Å². The van der Waals surface area contributed by atoms with Crippen molar-refractivity contribution in [3.63, 3.8) is 0 Å². The van der Waals surface area contributed by atoms with Crippen LogP contribution in [-0.2, 0) is 12.8 Å². The number of halogens is 1. The van der Waals surface area contributed by atoms with Crippen LogP contribution in [0.15, 0.2) is 54.6 Å². The van der Waals surface area contributed by atoms with E-state index in [2.05, 4.69) is 71.9 Å². The lowest BCUT2D eigenvalue weighted by molar-refractivity contribution is 0.410. The standard InChI is InChI=1S/C11H15F.C11H16.3CH4/c1-11(2,3)8-9-4-6-10(12)7-5-9;1-11(2,3)9-10-7-5-4-6-8-10;;;/h4-7H,8H2,1-3H3;4-8H,9H2,1-3H3;3*1H4. The van der Waals surface area contributed by atoms with Gasteiger partial charge in [0.1, 0.15) is 5.82 Å². The molecule has 0 nitrogen and oxygen atoms in total. The number of hydrogen-bond donors (Lipinski definition) is 0. The number of benzene rings is 2. The van der Waals surface area contributed by atoms with Crippen molar-refractivity contribution in [2.24, 2.45) is 10.8 Å². The van der Waals surface area contributed by atoms with E-state index in [1.54, 1.807) is 0 Å². The molecular weight excluding hydrogens is 319 g/mol. The van der Waals surface area contributed by atoms with Crippen molar-refractivity contribution in [2.75, 3.05) is 0 Å². The first-order valence-electron chi connectivity index (χ1n) is 8.34. The summed E-state index contributed by atoms with van der Waals surface area (Å²) >= 11 is 0. The molecule has 0 heterocycles. The molecule has 0 aromatic heterocycles. The SMILES string of the molecule is C.C.C.CC(C)(C)Cc1ccc(F)cc1.CC(C)(C)Cc1ccccc1. The molecule has 2 aromatic rings. The summed E-state index contributed by atoms with van der Waals surface area (Å²) in [5.41, 5.74) is 3.31. The second-order valence-electron chi connectivity index (χ2n) is 8.59. The lowest BCUT2D eigenvalue weighted by atomic mass is 9.88. The smallest absolute Gasteiger partial charge is 0.123 e. The van der Waals surface area contributed by atoms with Gasteiger partial charge in [-0.05, 0) is 46.9 Å². The molecule has 0 aliphatic rings. The van der Waals surface area contributed by atoms with Gasteiger partial charge in [-0.1, -0.05) is 106 Å². The van der Waals surface area contributed by atoms with Crippen molar-refractivity contribution in [1.29, 1.82) is 0 Å². The monoisotopic (exact) mass is 362 g/mol. The van der Waals surface area contributed by atoms with Gasteiger partial charge in [0, 0.05) is 0 Å². The minimum absolute atomic E-state index is 0. The summed E-state index contributed by atoms with van der Waals surface area (Å²) in [4.78, 5) is 0. The molecule has 0 fully saturated rings.